The number of hydrogen-bond acceptors (Lipinski definition) is 0. The van der Waals surface area contributed by atoms with Crippen molar-refractivity contribution in [2.75, 3.05) is 0 Å². The minimum atomic E-state index is 0.792. The second-order valence-electron chi connectivity index (χ2n) is 7.63. The molecule has 2 nitrogen and oxygen atoms in total. The number of halogens is 1. The number of nitrogens with zero attached hydrogens (tertiary/aromatic N) is 2. The number of aromatic nitrogens is 2. The van der Waals surface area contributed by atoms with E-state index in [1.54, 1.807) is 0 Å². The number of benzene rings is 4. The first-order valence-electron chi connectivity index (χ1n) is 10.1. The van der Waals surface area contributed by atoms with Crippen LogP contribution in [0.1, 0.15) is 5.56 Å². The summed E-state index contributed by atoms with van der Waals surface area (Å²) in [5.41, 5.74) is 5.98. The van der Waals surface area contributed by atoms with E-state index < -0.39 is 0 Å². The van der Waals surface area contributed by atoms with Gasteiger partial charge in [-0.15, -0.1) is 0 Å². The van der Waals surface area contributed by atoms with E-state index in [-0.39, 0.29) is 0 Å². The second-order valence-corrected chi connectivity index (χ2v) is 8.04. The molecule has 0 saturated carbocycles. The monoisotopic (exact) mass is 406 g/mol. The van der Waals surface area contributed by atoms with Crippen molar-refractivity contribution in [3.05, 3.63) is 114 Å². The first kappa shape index (κ1) is 17.4. The van der Waals surface area contributed by atoms with Gasteiger partial charge in [-0.1, -0.05) is 78.3 Å². The highest BCUT2D eigenvalue weighted by Gasteiger charge is 2.19. The zero-order chi connectivity index (χ0) is 20.1. The molecule has 0 amide bonds. The van der Waals surface area contributed by atoms with E-state index in [0.29, 0.717) is 0 Å². The fourth-order valence-corrected chi connectivity index (χ4v) is 4.80. The third-order valence-electron chi connectivity index (χ3n) is 5.84. The molecule has 6 rings (SSSR count). The van der Waals surface area contributed by atoms with Gasteiger partial charge in [0.1, 0.15) is 0 Å². The SMILES string of the molecule is Clc1cc2c3ccccc3n(-c3ccccc3)c2c2c1ccn2Cc1ccccc1. The Kier molecular flexibility index (Phi) is 3.93. The molecule has 0 unspecified atom stereocenters. The van der Waals surface area contributed by atoms with Crippen molar-refractivity contribution >= 4 is 44.3 Å². The summed E-state index contributed by atoms with van der Waals surface area (Å²) in [5.74, 6) is 0. The predicted octanol–water partition coefficient (Wildman–Crippen LogP) is 7.44. The lowest BCUT2D eigenvalue weighted by Crippen LogP contribution is -2.00. The Morgan fingerprint density at radius 3 is 2.13 bits per heavy atom. The summed E-state index contributed by atoms with van der Waals surface area (Å²) in [5, 5.41) is 4.27. The van der Waals surface area contributed by atoms with E-state index in [4.69, 9.17) is 11.6 Å². The lowest BCUT2D eigenvalue weighted by atomic mass is 10.1. The molecular weight excluding hydrogens is 388 g/mol. The quantitative estimate of drug-likeness (QED) is 0.289. The van der Waals surface area contributed by atoms with Gasteiger partial charge in [0.25, 0.3) is 0 Å². The average molecular weight is 407 g/mol. The van der Waals surface area contributed by atoms with Crippen LogP contribution < -0.4 is 0 Å². The molecule has 2 aromatic heterocycles. The Hall–Kier alpha value is -3.49. The summed E-state index contributed by atoms with van der Waals surface area (Å²) in [6, 6.07) is 33.9. The van der Waals surface area contributed by atoms with Gasteiger partial charge in [-0.05, 0) is 35.9 Å². The first-order valence-corrected chi connectivity index (χ1v) is 10.5. The molecule has 0 saturated heterocycles. The molecule has 0 aliphatic heterocycles. The number of rotatable bonds is 3. The van der Waals surface area contributed by atoms with E-state index in [1.165, 1.54) is 32.9 Å². The van der Waals surface area contributed by atoms with Crippen LogP contribution in [0.15, 0.2) is 103 Å². The lowest BCUT2D eigenvalue weighted by Gasteiger charge is -2.12. The highest BCUT2D eigenvalue weighted by Crippen LogP contribution is 2.40. The highest BCUT2D eigenvalue weighted by atomic mass is 35.5. The fraction of sp³-hybridized carbons (Fsp3) is 0.0370. The molecule has 0 aliphatic carbocycles. The maximum atomic E-state index is 6.79. The Balaban J connectivity index is 1.77. The van der Waals surface area contributed by atoms with Crippen molar-refractivity contribution in [2.45, 2.75) is 6.54 Å². The van der Waals surface area contributed by atoms with Crippen molar-refractivity contribution in [2.24, 2.45) is 0 Å². The second kappa shape index (κ2) is 6.79. The molecule has 2 heterocycles. The average Bonchev–Trinajstić information content (AvgIpc) is 3.35. The largest absolute Gasteiger partial charge is 0.341 e. The maximum Gasteiger partial charge on any atom is 0.0786 e. The van der Waals surface area contributed by atoms with Crippen molar-refractivity contribution in [1.29, 1.82) is 0 Å². The van der Waals surface area contributed by atoms with E-state index in [0.717, 1.165) is 22.6 Å². The van der Waals surface area contributed by atoms with Crippen LogP contribution in [0.2, 0.25) is 5.02 Å². The molecule has 0 N–H and O–H groups in total. The maximum absolute atomic E-state index is 6.79. The molecule has 0 atom stereocenters. The van der Waals surface area contributed by atoms with Crippen LogP contribution in [0.25, 0.3) is 38.4 Å². The summed E-state index contributed by atoms with van der Waals surface area (Å²) < 4.78 is 4.68. The summed E-state index contributed by atoms with van der Waals surface area (Å²) in [4.78, 5) is 0. The normalized spacial score (nSPS) is 11.6. The zero-order valence-corrected chi connectivity index (χ0v) is 17.1. The van der Waals surface area contributed by atoms with Crippen molar-refractivity contribution in [3.63, 3.8) is 0 Å². The lowest BCUT2D eigenvalue weighted by molar-refractivity contribution is 0.838. The van der Waals surface area contributed by atoms with E-state index in [2.05, 4.69) is 112 Å². The predicted molar refractivity (Wildman–Crippen MR) is 127 cm³/mol. The van der Waals surface area contributed by atoms with Crippen LogP contribution in [0.4, 0.5) is 0 Å². The molecule has 3 heteroatoms. The Morgan fingerprint density at radius 1 is 0.633 bits per heavy atom. The van der Waals surface area contributed by atoms with Gasteiger partial charge >= 0.3 is 0 Å². The number of para-hydroxylation sites is 2. The molecule has 0 radical (unpaired) electrons. The molecule has 0 aliphatic rings. The molecule has 0 bridgehead atoms. The van der Waals surface area contributed by atoms with Crippen LogP contribution in [-0.4, -0.2) is 9.13 Å². The third kappa shape index (κ3) is 2.58. The molecule has 4 aromatic carbocycles. The molecule has 0 spiro atoms. The van der Waals surface area contributed by atoms with E-state index in [9.17, 15) is 0 Å². The Bertz CT molecular complexity index is 1510. The van der Waals surface area contributed by atoms with Gasteiger partial charge in [0, 0.05) is 34.6 Å². The van der Waals surface area contributed by atoms with Gasteiger partial charge in [-0.25, -0.2) is 0 Å². The van der Waals surface area contributed by atoms with Gasteiger partial charge in [0.15, 0.2) is 0 Å². The van der Waals surface area contributed by atoms with Crippen LogP contribution in [0, 0.1) is 0 Å². The first-order chi connectivity index (χ1) is 14.8. The molecular formula is C27H19ClN2. The topological polar surface area (TPSA) is 9.86 Å². The van der Waals surface area contributed by atoms with E-state index in [1.807, 2.05) is 0 Å². The van der Waals surface area contributed by atoms with Crippen LogP contribution in [0.3, 0.4) is 0 Å². The highest BCUT2D eigenvalue weighted by molar-refractivity contribution is 6.38. The smallest absolute Gasteiger partial charge is 0.0786 e. The van der Waals surface area contributed by atoms with Crippen LogP contribution >= 0.6 is 11.6 Å². The molecule has 6 aromatic rings. The standard InChI is InChI=1S/C27H19ClN2/c28-24-17-23-21-13-7-8-14-25(21)30(20-11-5-2-6-12-20)27(23)26-22(24)15-16-29(26)18-19-9-3-1-4-10-19/h1-17H,18H2. The summed E-state index contributed by atoms with van der Waals surface area (Å²) in [7, 11) is 0. The number of fused-ring (bicyclic) bond motifs is 5. The summed E-state index contributed by atoms with van der Waals surface area (Å²) in [6.45, 7) is 0.802. The van der Waals surface area contributed by atoms with Crippen molar-refractivity contribution in [1.82, 2.24) is 9.13 Å². The van der Waals surface area contributed by atoms with Crippen LogP contribution in [-0.2, 0) is 6.54 Å². The Labute approximate surface area is 179 Å². The van der Waals surface area contributed by atoms with Crippen molar-refractivity contribution < 1.29 is 0 Å². The van der Waals surface area contributed by atoms with Gasteiger partial charge < -0.3 is 9.13 Å². The molecule has 0 fully saturated rings. The molecule has 30 heavy (non-hydrogen) atoms. The minimum absolute atomic E-state index is 0.792. The summed E-state index contributed by atoms with van der Waals surface area (Å²) in [6.07, 6.45) is 2.15. The zero-order valence-electron chi connectivity index (χ0n) is 16.3. The van der Waals surface area contributed by atoms with Gasteiger partial charge in [-0.3, -0.25) is 0 Å². The van der Waals surface area contributed by atoms with Gasteiger partial charge in [0.05, 0.1) is 21.6 Å². The minimum Gasteiger partial charge on any atom is -0.341 e. The Morgan fingerprint density at radius 2 is 1.33 bits per heavy atom. The van der Waals surface area contributed by atoms with Gasteiger partial charge in [-0.2, -0.15) is 0 Å². The number of hydrogen-bond donors (Lipinski definition) is 0. The summed E-state index contributed by atoms with van der Waals surface area (Å²) >= 11 is 6.79. The third-order valence-corrected chi connectivity index (χ3v) is 6.15. The van der Waals surface area contributed by atoms with Crippen molar-refractivity contribution in [3.8, 4) is 5.69 Å². The van der Waals surface area contributed by atoms with E-state index >= 15 is 0 Å². The van der Waals surface area contributed by atoms with Crippen LogP contribution in [0.5, 0.6) is 0 Å². The molecule has 144 valence electrons. The fourth-order valence-electron chi connectivity index (χ4n) is 4.54. The van der Waals surface area contributed by atoms with Gasteiger partial charge in [0.2, 0.25) is 0 Å².